The van der Waals surface area contributed by atoms with Gasteiger partial charge in [0.1, 0.15) is 0 Å². The van der Waals surface area contributed by atoms with Gasteiger partial charge in [-0.3, -0.25) is 0 Å². The lowest BCUT2D eigenvalue weighted by Crippen LogP contribution is -2.23. The van der Waals surface area contributed by atoms with Crippen molar-refractivity contribution < 1.29 is 0 Å². The maximum atomic E-state index is 2.51. The minimum atomic E-state index is -0.193. The van der Waals surface area contributed by atoms with Crippen molar-refractivity contribution in [2.75, 3.05) is 9.80 Å². The van der Waals surface area contributed by atoms with Gasteiger partial charge in [-0.2, -0.15) is 0 Å². The fraction of sp³-hybridized carbons (Fsp3) is 0.0714. The van der Waals surface area contributed by atoms with Gasteiger partial charge in [-0.15, -0.1) is 0 Å². The normalized spacial score (nSPS) is 13.7. The van der Waals surface area contributed by atoms with Gasteiger partial charge in [0.2, 0.25) is 0 Å². The lowest BCUT2D eigenvalue weighted by Gasteiger charge is -2.40. The number of nitrogens with zero attached hydrogens (tertiary/aromatic N) is 3. The fourth-order valence-electron chi connectivity index (χ4n) is 10.1. The highest BCUT2D eigenvalue weighted by Crippen LogP contribution is 2.56. The van der Waals surface area contributed by atoms with Crippen molar-refractivity contribution in [3.8, 4) is 27.9 Å². The second-order valence-electron chi connectivity index (χ2n) is 16.7. The van der Waals surface area contributed by atoms with E-state index in [2.05, 4.69) is 229 Å². The SMILES string of the molecule is Cc1ccc(-n2c3ccc(N4c5ccccc5N(c5ccccc5)c5ccccc54)cc3c3cc4c(cc32)-c2ccc(-c3cccc5ccccc35)cc2C4(C)C)cc1. The van der Waals surface area contributed by atoms with Crippen molar-refractivity contribution in [3.05, 3.63) is 211 Å². The first-order chi connectivity index (χ1) is 28.9. The maximum Gasteiger partial charge on any atom is 0.0703 e. The summed E-state index contributed by atoms with van der Waals surface area (Å²) in [5.41, 5.74) is 19.5. The minimum absolute atomic E-state index is 0.193. The third-order valence-electron chi connectivity index (χ3n) is 12.9. The molecule has 0 fully saturated rings. The van der Waals surface area contributed by atoms with Crippen LogP contribution in [0.5, 0.6) is 0 Å². The quantitative estimate of drug-likeness (QED) is 0.177. The van der Waals surface area contributed by atoms with E-state index in [4.69, 9.17) is 0 Å². The predicted octanol–water partition coefficient (Wildman–Crippen LogP) is 15.5. The van der Waals surface area contributed by atoms with E-state index < -0.39 is 0 Å². The smallest absolute Gasteiger partial charge is 0.0703 e. The summed E-state index contributed by atoms with van der Waals surface area (Å²) < 4.78 is 2.47. The molecule has 0 atom stereocenters. The molecule has 0 spiro atoms. The van der Waals surface area contributed by atoms with Gasteiger partial charge in [-0.25, -0.2) is 0 Å². The zero-order valence-electron chi connectivity index (χ0n) is 33.3. The Hall–Kier alpha value is -7.36. The highest BCUT2D eigenvalue weighted by molar-refractivity contribution is 6.13. The number of aromatic nitrogens is 1. The molecular weight excluding hydrogens is 715 g/mol. The summed E-state index contributed by atoms with van der Waals surface area (Å²) in [6.45, 7) is 6.97. The van der Waals surface area contributed by atoms with Crippen LogP contribution in [0.25, 0.3) is 60.5 Å². The predicted molar refractivity (Wildman–Crippen MR) is 249 cm³/mol. The van der Waals surface area contributed by atoms with Gasteiger partial charge in [0.05, 0.1) is 33.8 Å². The molecule has 0 bridgehead atoms. The van der Waals surface area contributed by atoms with Crippen LogP contribution in [-0.4, -0.2) is 4.57 Å². The largest absolute Gasteiger partial charge is 0.309 e. The Bertz CT molecular complexity index is 3260. The van der Waals surface area contributed by atoms with Crippen LogP contribution in [0, 0.1) is 6.92 Å². The molecule has 9 aromatic carbocycles. The first kappa shape index (κ1) is 33.7. The molecule has 280 valence electrons. The molecule has 0 unspecified atom stereocenters. The summed E-state index contributed by atoms with van der Waals surface area (Å²) >= 11 is 0. The first-order valence-electron chi connectivity index (χ1n) is 20.6. The highest BCUT2D eigenvalue weighted by Gasteiger charge is 2.37. The molecule has 1 aliphatic heterocycles. The topological polar surface area (TPSA) is 11.4 Å². The number of benzene rings is 9. The Labute approximate surface area is 344 Å². The van der Waals surface area contributed by atoms with Crippen molar-refractivity contribution in [1.29, 1.82) is 0 Å². The van der Waals surface area contributed by atoms with Gasteiger partial charge >= 0.3 is 0 Å². The lowest BCUT2D eigenvalue weighted by atomic mass is 9.81. The summed E-state index contributed by atoms with van der Waals surface area (Å²) in [5, 5.41) is 5.06. The van der Waals surface area contributed by atoms with E-state index in [-0.39, 0.29) is 5.41 Å². The highest BCUT2D eigenvalue weighted by atomic mass is 15.3. The summed E-state index contributed by atoms with van der Waals surface area (Å²) in [5.74, 6) is 0. The Morgan fingerprint density at radius 1 is 0.373 bits per heavy atom. The zero-order chi connectivity index (χ0) is 39.4. The second kappa shape index (κ2) is 12.6. The van der Waals surface area contributed by atoms with Crippen LogP contribution < -0.4 is 9.80 Å². The first-order valence-corrected chi connectivity index (χ1v) is 20.6. The fourth-order valence-corrected chi connectivity index (χ4v) is 10.1. The van der Waals surface area contributed by atoms with E-state index in [0.29, 0.717) is 0 Å². The molecule has 2 heterocycles. The molecule has 3 heteroatoms. The molecule has 0 saturated heterocycles. The van der Waals surface area contributed by atoms with Crippen LogP contribution >= 0.6 is 0 Å². The Balaban J connectivity index is 1.07. The monoisotopic (exact) mass is 755 g/mol. The van der Waals surface area contributed by atoms with E-state index in [1.807, 2.05) is 0 Å². The average molecular weight is 756 g/mol. The standard InChI is InChI=1S/C56H41N3/c1-36-24-27-40(28-25-36)57-50-31-29-41(59-53-22-11-9-20-51(53)58(39-16-5-4-6-17-39)52-21-10-12-23-54(52)59)33-46(50)47-34-49-45(35-55(47)57)44-30-26-38(32-48(44)56(49,2)3)43-19-13-15-37-14-7-8-18-42(37)43/h4-35H,1-3H3. The van der Waals surface area contributed by atoms with Gasteiger partial charge in [0, 0.05) is 33.2 Å². The second-order valence-corrected chi connectivity index (χ2v) is 16.7. The van der Waals surface area contributed by atoms with Crippen LogP contribution in [0.15, 0.2) is 194 Å². The molecule has 10 aromatic rings. The van der Waals surface area contributed by atoms with Crippen LogP contribution in [0.3, 0.4) is 0 Å². The summed E-state index contributed by atoms with van der Waals surface area (Å²) in [6, 6.07) is 71.8. The zero-order valence-corrected chi connectivity index (χ0v) is 33.3. The number of anilines is 6. The minimum Gasteiger partial charge on any atom is -0.309 e. The van der Waals surface area contributed by atoms with E-state index in [9.17, 15) is 0 Å². The van der Waals surface area contributed by atoms with Gasteiger partial charge in [0.15, 0.2) is 0 Å². The molecule has 12 rings (SSSR count). The molecule has 1 aliphatic carbocycles. The number of para-hydroxylation sites is 5. The van der Waals surface area contributed by atoms with Crippen molar-refractivity contribution in [2.45, 2.75) is 26.2 Å². The van der Waals surface area contributed by atoms with Gasteiger partial charge < -0.3 is 14.4 Å². The molecule has 1 aromatic heterocycles. The number of hydrogen-bond donors (Lipinski definition) is 0. The molecule has 0 amide bonds. The molecule has 3 nitrogen and oxygen atoms in total. The Morgan fingerprint density at radius 3 is 1.69 bits per heavy atom. The van der Waals surface area contributed by atoms with E-state index in [1.54, 1.807) is 0 Å². The molecule has 0 N–H and O–H groups in total. The van der Waals surface area contributed by atoms with Crippen LogP contribution in [0.2, 0.25) is 0 Å². The van der Waals surface area contributed by atoms with E-state index in [0.717, 1.165) is 34.1 Å². The lowest BCUT2D eigenvalue weighted by molar-refractivity contribution is 0.661. The van der Waals surface area contributed by atoms with Crippen LogP contribution in [0.1, 0.15) is 30.5 Å². The van der Waals surface area contributed by atoms with Crippen molar-refractivity contribution in [3.63, 3.8) is 0 Å². The Morgan fingerprint density at radius 2 is 0.966 bits per heavy atom. The van der Waals surface area contributed by atoms with E-state index in [1.165, 1.54) is 77.2 Å². The molecular formula is C56H41N3. The van der Waals surface area contributed by atoms with Crippen molar-refractivity contribution in [1.82, 2.24) is 4.57 Å². The average Bonchev–Trinajstić information content (AvgIpc) is 3.71. The van der Waals surface area contributed by atoms with E-state index >= 15 is 0 Å². The molecule has 59 heavy (non-hydrogen) atoms. The third kappa shape index (κ3) is 4.95. The van der Waals surface area contributed by atoms with Crippen LogP contribution in [-0.2, 0) is 5.41 Å². The summed E-state index contributed by atoms with van der Waals surface area (Å²) in [6.07, 6.45) is 0. The van der Waals surface area contributed by atoms with Gasteiger partial charge in [0.25, 0.3) is 0 Å². The van der Waals surface area contributed by atoms with Gasteiger partial charge in [-0.1, -0.05) is 129 Å². The number of rotatable bonds is 4. The van der Waals surface area contributed by atoms with Crippen molar-refractivity contribution in [2.24, 2.45) is 0 Å². The van der Waals surface area contributed by atoms with Gasteiger partial charge in [-0.05, 0) is 136 Å². The number of aryl methyl sites for hydroxylation is 1. The maximum absolute atomic E-state index is 2.51. The molecule has 2 aliphatic rings. The Kier molecular flexibility index (Phi) is 7.19. The third-order valence-corrected chi connectivity index (χ3v) is 12.9. The summed E-state index contributed by atoms with van der Waals surface area (Å²) in [7, 11) is 0. The molecule has 0 saturated carbocycles. The van der Waals surface area contributed by atoms with Crippen molar-refractivity contribution >= 4 is 66.7 Å². The number of fused-ring (bicyclic) bond motifs is 9. The molecule has 0 radical (unpaired) electrons. The van der Waals surface area contributed by atoms with Crippen LogP contribution in [0.4, 0.5) is 34.1 Å². The number of hydrogen-bond acceptors (Lipinski definition) is 2. The summed E-state index contributed by atoms with van der Waals surface area (Å²) in [4.78, 5) is 4.83.